The van der Waals surface area contributed by atoms with Crippen LogP contribution in [0.5, 0.6) is 0 Å². The number of nitrogens with zero attached hydrogens (tertiary/aromatic N) is 1. The summed E-state index contributed by atoms with van der Waals surface area (Å²) in [7, 11) is -7.22. The van der Waals surface area contributed by atoms with Crippen molar-refractivity contribution in [2.45, 2.75) is 10.6 Å². The van der Waals surface area contributed by atoms with Crippen LogP contribution in [-0.4, -0.2) is 53.4 Å². The van der Waals surface area contributed by atoms with Gasteiger partial charge in [0.2, 0.25) is 10.0 Å². The highest BCUT2D eigenvalue weighted by atomic mass is 32.2. The van der Waals surface area contributed by atoms with Crippen molar-refractivity contribution >= 4 is 37.3 Å². The van der Waals surface area contributed by atoms with E-state index in [1.165, 1.54) is 28.6 Å². The Hall–Kier alpha value is -3.25. The van der Waals surface area contributed by atoms with Gasteiger partial charge in [-0.15, -0.1) is 0 Å². The van der Waals surface area contributed by atoms with Crippen LogP contribution in [0.15, 0.2) is 83.8 Å². The van der Waals surface area contributed by atoms with Crippen molar-refractivity contribution < 1.29 is 26.4 Å². The summed E-state index contributed by atoms with van der Waals surface area (Å²) in [5, 5.41) is 2.71. The molecule has 0 bridgehead atoms. The minimum atomic E-state index is -3.76. The number of hydrogen-bond donors (Lipinski definition) is 2. The fourth-order valence-electron chi connectivity index (χ4n) is 3.52. The van der Waals surface area contributed by atoms with E-state index in [-0.39, 0.29) is 10.6 Å². The summed E-state index contributed by atoms with van der Waals surface area (Å²) in [6.07, 6.45) is 0. The second-order valence-corrected chi connectivity index (χ2v) is 11.6. The Bertz CT molecular complexity index is 1370. The first-order valence-electron chi connectivity index (χ1n) is 10.9. The zero-order valence-electron chi connectivity index (χ0n) is 18.8. The maximum absolute atomic E-state index is 12.6. The van der Waals surface area contributed by atoms with Gasteiger partial charge in [0.15, 0.2) is 0 Å². The van der Waals surface area contributed by atoms with Crippen molar-refractivity contribution in [3.05, 3.63) is 90.0 Å². The van der Waals surface area contributed by atoms with Crippen molar-refractivity contribution in [1.29, 1.82) is 0 Å². The number of sulfonamides is 2. The molecule has 1 amide bonds. The van der Waals surface area contributed by atoms with Gasteiger partial charge in [0.1, 0.15) is 0 Å². The molecule has 3 aromatic carbocycles. The van der Waals surface area contributed by atoms with Crippen LogP contribution in [0.3, 0.4) is 0 Å². The molecule has 0 aromatic heterocycles. The molecule has 1 saturated heterocycles. The Kier molecular flexibility index (Phi) is 7.51. The summed E-state index contributed by atoms with van der Waals surface area (Å²) < 4.78 is 59.3. The van der Waals surface area contributed by atoms with E-state index in [2.05, 4.69) is 10.0 Å². The van der Waals surface area contributed by atoms with Crippen LogP contribution in [0.1, 0.15) is 15.9 Å². The lowest BCUT2D eigenvalue weighted by Gasteiger charge is -2.26. The third kappa shape index (κ3) is 6.45. The molecular formula is C24H25N3O6S2. The number of morpholine rings is 1. The molecule has 35 heavy (non-hydrogen) atoms. The summed E-state index contributed by atoms with van der Waals surface area (Å²) in [6, 6.07) is 20.7. The summed E-state index contributed by atoms with van der Waals surface area (Å²) in [6.45, 7) is 1.44. The topological polar surface area (TPSA) is 122 Å². The van der Waals surface area contributed by atoms with E-state index in [1.807, 2.05) is 0 Å². The van der Waals surface area contributed by atoms with Gasteiger partial charge in [-0.25, -0.2) is 16.8 Å². The lowest BCUT2D eigenvalue weighted by atomic mass is 10.1. The standard InChI is InChI=1S/C24H25N3O6S2/c28-24(20-8-6-19(7-9-20)18-34(29,30)27-14-16-33-17-15-27)25-21-10-12-23(13-11-21)35(31,32)26-22-4-2-1-3-5-22/h1-13,26H,14-18H2,(H,25,28). The minimum Gasteiger partial charge on any atom is -0.379 e. The Morgan fingerprint density at radius 1 is 0.800 bits per heavy atom. The number of rotatable bonds is 8. The van der Waals surface area contributed by atoms with E-state index in [1.54, 1.807) is 54.6 Å². The van der Waals surface area contributed by atoms with Gasteiger partial charge < -0.3 is 10.1 Å². The van der Waals surface area contributed by atoms with Crippen molar-refractivity contribution in [2.75, 3.05) is 36.3 Å². The quantitative estimate of drug-likeness (QED) is 0.476. The van der Waals surface area contributed by atoms with Gasteiger partial charge >= 0.3 is 0 Å². The number of nitrogens with one attached hydrogen (secondary N) is 2. The van der Waals surface area contributed by atoms with Crippen LogP contribution in [0.25, 0.3) is 0 Å². The van der Waals surface area contributed by atoms with Crippen molar-refractivity contribution in [3.8, 4) is 0 Å². The number of ether oxygens (including phenoxy) is 1. The summed E-state index contributed by atoms with van der Waals surface area (Å²) in [5.74, 6) is -0.549. The van der Waals surface area contributed by atoms with E-state index in [4.69, 9.17) is 4.74 Å². The van der Waals surface area contributed by atoms with Gasteiger partial charge in [-0.2, -0.15) is 4.31 Å². The zero-order valence-corrected chi connectivity index (χ0v) is 20.4. The Morgan fingerprint density at radius 2 is 1.43 bits per heavy atom. The summed E-state index contributed by atoms with van der Waals surface area (Å²) in [5.41, 5.74) is 1.80. The third-order valence-electron chi connectivity index (χ3n) is 5.38. The molecule has 1 fully saturated rings. The van der Waals surface area contributed by atoms with Crippen LogP contribution in [0, 0.1) is 0 Å². The molecule has 184 valence electrons. The molecule has 0 atom stereocenters. The van der Waals surface area contributed by atoms with Crippen molar-refractivity contribution in [1.82, 2.24) is 4.31 Å². The molecule has 9 nitrogen and oxygen atoms in total. The van der Waals surface area contributed by atoms with E-state index in [9.17, 15) is 21.6 Å². The molecule has 1 aliphatic rings. The lowest BCUT2D eigenvalue weighted by Crippen LogP contribution is -2.41. The van der Waals surface area contributed by atoms with Gasteiger partial charge in [-0.05, 0) is 54.1 Å². The largest absolute Gasteiger partial charge is 0.379 e. The van der Waals surface area contributed by atoms with E-state index >= 15 is 0 Å². The van der Waals surface area contributed by atoms with Crippen LogP contribution >= 0.6 is 0 Å². The van der Waals surface area contributed by atoms with E-state index < -0.39 is 26.0 Å². The predicted molar refractivity (Wildman–Crippen MR) is 133 cm³/mol. The highest BCUT2D eigenvalue weighted by Crippen LogP contribution is 2.19. The number of benzene rings is 3. The first kappa shape index (κ1) is 24.9. The summed E-state index contributed by atoms with van der Waals surface area (Å²) >= 11 is 0. The SMILES string of the molecule is O=C(Nc1ccc(S(=O)(=O)Nc2ccccc2)cc1)c1ccc(CS(=O)(=O)N2CCOCC2)cc1. The Morgan fingerprint density at radius 3 is 2.06 bits per heavy atom. The normalized spacial score (nSPS) is 14.9. The average Bonchev–Trinajstić information content (AvgIpc) is 2.85. The van der Waals surface area contributed by atoms with Crippen LogP contribution < -0.4 is 10.0 Å². The maximum Gasteiger partial charge on any atom is 0.261 e. The number of para-hydroxylation sites is 1. The fraction of sp³-hybridized carbons (Fsp3) is 0.208. The molecule has 0 unspecified atom stereocenters. The Balaban J connectivity index is 1.37. The number of hydrogen-bond acceptors (Lipinski definition) is 6. The molecule has 1 aliphatic heterocycles. The second-order valence-electron chi connectivity index (χ2n) is 7.91. The molecule has 0 radical (unpaired) electrons. The first-order chi connectivity index (χ1) is 16.7. The minimum absolute atomic E-state index is 0.0604. The van der Waals surface area contributed by atoms with Gasteiger partial charge in [-0.3, -0.25) is 9.52 Å². The van der Waals surface area contributed by atoms with Gasteiger partial charge in [0, 0.05) is 30.0 Å². The molecule has 1 heterocycles. The predicted octanol–water partition coefficient (Wildman–Crippen LogP) is 2.90. The van der Waals surface area contributed by atoms with E-state index in [0.717, 1.165) is 0 Å². The monoisotopic (exact) mass is 515 g/mol. The van der Waals surface area contributed by atoms with Crippen LogP contribution in [-0.2, 0) is 30.5 Å². The highest BCUT2D eigenvalue weighted by Gasteiger charge is 2.24. The Labute approximate surface area is 204 Å². The number of anilines is 2. The summed E-state index contributed by atoms with van der Waals surface area (Å²) in [4.78, 5) is 12.7. The van der Waals surface area contributed by atoms with Crippen LogP contribution in [0.2, 0.25) is 0 Å². The molecule has 0 saturated carbocycles. The van der Waals surface area contributed by atoms with Gasteiger partial charge in [0.25, 0.3) is 15.9 Å². The van der Waals surface area contributed by atoms with Gasteiger partial charge in [0.05, 0.1) is 23.9 Å². The number of carbonyl (C=O) groups is 1. The number of carbonyl (C=O) groups excluding carboxylic acids is 1. The first-order valence-corrected chi connectivity index (χ1v) is 14.0. The smallest absolute Gasteiger partial charge is 0.261 e. The maximum atomic E-state index is 12.6. The molecule has 4 rings (SSSR count). The average molecular weight is 516 g/mol. The van der Waals surface area contributed by atoms with Gasteiger partial charge in [-0.1, -0.05) is 30.3 Å². The molecule has 2 N–H and O–H groups in total. The lowest BCUT2D eigenvalue weighted by molar-refractivity contribution is 0.0729. The zero-order chi connectivity index (χ0) is 24.9. The molecule has 11 heteroatoms. The highest BCUT2D eigenvalue weighted by molar-refractivity contribution is 7.92. The fourth-order valence-corrected chi connectivity index (χ4v) is 6.08. The number of amides is 1. The third-order valence-corrected chi connectivity index (χ3v) is 8.62. The van der Waals surface area contributed by atoms with Crippen molar-refractivity contribution in [3.63, 3.8) is 0 Å². The van der Waals surface area contributed by atoms with Crippen LogP contribution in [0.4, 0.5) is 11.4 Å². The van der Waals surface area contributed by atoms with E-state index in [0.29, 0.717) is 48.8 Å². The molecule has 0 aliphatic carbocycles. The molecular weight excluding hydrogens is 490 g/mol. The second kappa shape index (κ2) is 10.6. The molecule has 0 spiro atoms. The van der Waals surface area contributed by atoms with Crippen molar-refractivity contribution in [2.24, 2.45) is 0 Å². The molecule has 3 aromatic rings.